The van der Waals surface area contributed by atoms with Crippen LogP contribution in [0.1, 0.15) is 33.6 Å². The molecule has 0 spiro atoms. The summed E-state index contributed by atoms with van der Waals surface area (Å²) in [6.45, 7) is 6.13. The Morgan fingerprint density at radius 1 is 1.62 bits per heavy atom. The topological polar surface area (TPSA) is 55.8 Å². The molecule has 0 radical (unpaired) electrons. The molecule has 0 aromatic rings. The van der Waals surface area contributed by atoms with Gasteiger partial charge < -0.3 is 14.3 Å². The van der Waals surface area contributed by atoms with Crippen LogP contribution >= 0.6 is 0 Å². The summed E-state index contributed by atoms with van der Waals surface area (Å²) in [4.78, 5) is 23.9. The van der Waals surface area contributed by atoms with Crippen LogP contribution in [0.15, 0.2) is 0 Å². The zero-order valence-corrected chi connectivity index (χ0v) is 10.1. The fraction of sp³-hybridized carbons (Fsp3) is 0.818. The molecule has 1 unspecified atom stereocenters. The first-order valence-corrected chi connectivity index (χ1v) is 5.58. The number of aldehydes is 1. The highest BCUT2D eigenvalue weighted by Crippen LogP contribution is 2.27. The van der Waals surface area contributed by atoms with E-state index in [1.807, 2.05) is 6.92 Å². The second-order valence-corrected chi connectivity index (χ2v) is 4.30. The Morgan fingerprint density at radius 2 is 2.31 bits per heavy atom. The van der Waals surface area contributed by atoms with Gasteiger partial charge in [0.15, 0.2) is 0 Å². The maximum Gasteiger partial charge on any atom is 0.412 e. The molecular weight excluding hydrogens is 210 g/mol. The molecule has 1 aliphatic heterocycles. The van der Waals surface area contributed by atoms with Gasteiger partial charge >= 0.3 is 6.09 Å². The number of nitrogens with zero attached hydrogens (tertiary/aromatic N) is 1. The van der Waals surface area contributed by atoms with Gasteiger partial charge in [0.25, 0.3) is 0 Å². The molecule has 1 atom stereocenters. The highest BCUT2D eigenvalue weighted by atomic mass is 16.6. The van der Waals surface area contributed by atoms with Crippen molar-refractivity contribution in [1.82, 2.24) is 4.90 Å². The minimum atomic E-state index is -0.769. The van der Waals surface area contributed by atoms with Crippen LogP contribution in [0.25, 0.3) is 0 Å². The number of carbonyl (C=O) groups excluding carboxylic acids is 2. The number of amides is 1. The Morgan fingerprint density at radius 3 is 2.88 bits per heavy atom. The van der Waals surface area contributed by atoms with Crippen molar-refractivity contribution >= 4 is 12.4 Å². The largest absolute Gasteiger partial charge is 0.449 e. The first-order valence-electron chi connectivity index (χ1n) is 5.58. The quantitative estimate of drug-likeness (QED) is 0.542. The molecule has 0 aromatic heterocycles. The monoisotopic (exact) mass is 229 g/mol. The van der Waals surface area contributed by atoms with E-state index in [0.29, 0.717) is 6.61 Å². The van der Waals surface area contributed by atoms with Gasteiger partial charge in [-0.2, -0.15) is 0 Å². The van der Waals surface area contributed by atoms with Gasteiger partial charge in [-0.15, -0.1) is 0 Å². The van der Waals surface area contributed by atoms with Gasteiger partial charge in [-0.25, -0.2) is 4.79 Å². The van der Waals surface area contributed by atoms with Crippen LogP contribution in [-0.4, -0.2) is 42.3 Å². The molecule has 1 amide bonds. The van der Waals surface area contributed by atoms with Crippen LogP contribution in [0.4, 0.5) is 4.79 Å². The number of hydrogen-bond donors (Lipinski definition) is 0. The first-order chi connectivity index (χ1) is 7.53. The number of hydrogen-bond acceptors (Lipinski definition) is 4. The van der Waals surface area contributed by atoms with Gasteiger partial charge in [0.05, 0.1) is 13.2 Å². The molecule has 1 saturated heterocycles. The van der Waals surface area contributed by atoms with Crippen molar-refractivity contribution in [2.45, 2.75) is 45.4 Å². The van der Waals surface area contributed by atoms with Crippen molar-refractivity contribution < 1.29 is 19.1 Å². The molecule has 1 heterocycles. The summed E-state index contributed by atoms with van der Waals surface area (Å²) in [5.41, 5.74) is -0.769. The third kappa shape index (κ3) is 2.72. The van der Waals surface area contributed by atoms with E-state index in [1.165, 1.54) is 4.90 Å². The Hall–Kier alpha value is -1.10. The van der Waals surface area contributed by atoms with Gasteiger partial charge in [-0.05, 0) is 20.3 Å². The maximum absolute atomic E-state index is 11.8. The number of carbonyl (C=O) groups is 2. The molecule has 0 N–H and O–H groups in total. The zero-order chi connectivity index (χ0) is 12.2. The first kappa shape index (κ1) is 13.0. The SMILES string of the molecule is CCCCOC(=O)N1C(C=O)COC1(C)C. The summed E-state index contributed by atoms with van der Waals surface area (Å²) in [6, 6.07) is -0.538. The second kappa shape index (κ2) is 5.30. The summed E-state index contributed by atoms with van der Waals surface area (Å²) in [5.74, 6) is 0. The zero-order valence-electron chi connectivity index (χ0n) is 10.1. The van der Waals surface area contributed by atoms with Gasteiger partial charge in [-0.3, -0.25) is 4.90 Å². The molecule has 0 saturated carbocycles. The fourth-order valence-corrected chi connectivity index (χ4v) is 1.66. The Labute approximate surface area is 95.7 Å². The minimum Gasteiger partial charge on any atom is -0.449 e. The number of ether oxygens (including phenoxy) is 2. The lowest BCUT2D eigenvalue weighted by Crippen LogP contribution is -2.48. The summed E-state index contributed by atoms with van der Waals surface area (Å²) >= 11 is 0. The average molecular weight is 229 g/mol. The lowest BCUT2D eigenvalue weighted by atomic mass is 10.2. The summed E-state index contributed by atoms with van der Waals surface area (Å²) in [7, 11) is 0. The van der Waals surface area contributed by atoms with Gasteiger partial charge in [0.1, 0.15) is 18.1 Å². The van der Waals surface area contributed by atoms with Crippen molar-refractivity contribution in [1.29, 1.82) is 0 Å². The Kier molecular flexibility index (Phi) is 4.29. The van der Waals surface area contributed by atoms with Crippen LogP contribution in [0, 0.1) is 0 Å². The third-order valence-corrected chi connectivity index (χ3v) is 2.60. The molecule has 1 rings (SSSR count). The molecular formula is C11H19NO4. The minimum absolute atomic E-state index is 0.235. The van der Waals surface area contributed by atoms with Gasteiger partial charge in [0, 0.05) is 0 Å². The molecule has 0 aliphatic carbocycles. The molecule has 5 heteroatoms. The second-order valence-electron chi connectivity index (χ2n) is 4.30. The van der Waals surface area contributed by atoms with Crippen LogP contribution in [0.5, 0.6) is 0 Å². The smallest absolute Gasteiger partial charge is 0.412 e. The molecule has 0 aromatic carbocycles. The molecule has 92 valence electrons. The fourth-order valence-electron chi connectivity index (χ4n) is 1.66. The third-order valence-electron chi connectivity index (χ3n) is 2.60. The normalized spacial score (nSPS) is 23.2. The average Bonchev–Trinajstić information content (AvgIpc) is 2.53. The predicted octanol–water partition coefficient (Wildman–Crippen LogP) is 1.56. The van der Waals surface area contributed by atoms with Crippen LogP contribution in [-0.2, 0) is 14.3 Å². The van der Waals surface area contributed by atoms with E-state index in [0.717, 1.165) is 19.1 Å². The molecule has 0 bridgehead atoms. The van der Waals surface area contributed by atoms with E-state index in [4.69, 9.17) is 9.47 Å². The van der Waals surface area contributed by atoms with Crippen LogP contribution in [0.2, 0.25) is 0 Å². The van der Waals surface area contributed by atoms with E-state index in [1.54, 1.807) is 13.8 Å². The summed E-state index contributed by atoms with van der Waals surface area (Å²) < 4.78 is 10.5. The summed E-state index contributed by atoms with van der Waals surface area (Å²) in [6.07, 6.45) is 2.03. The van der Waals surface area contributed by atoms with E-state index in [2.05, 4.69) is 0 Å². The van der Waals surface area contributed by atoms with E-state index in [-0.39, 0.29) is 6.61 Å². The van der Waals surface area contributed by atoms with Gasteiger partial charge in [-0.1, -0.05) is 13.3 Å². The predicted molar refractivity (Wildman–Crippen MR) is 58.0 cm³/mol. The summed E-state index contributed by atoms with van der Waals surface area (Å²) in [5, 5.41) is 0. The Balaban J connectivity index is 2.60. The maximum atomic E-state index is 11.8. The highest BCUT2D eigenvalue weighted by molar-refractivity contribution is 5.74. The van der Waals surface area contributed by atoms with Crippen LogP contribution < -0.4 is 0 Å². The standard InChI is InChI=1S/C11H19NO4/c1-4-5-6-15-10(14)12-9(7-13)8-16-11(12,2)3/h7,9H,4-6,8H2,1-3H3. The highest BCUT2D eigenvalue weighted by Gasteiger charge is 2.44. The number of unbranched alkanes of at least 4 members (excludes halogenated alkanes) is 1. The van der Waals surface area contributed by atoms with Crippen molar-refractivity contribution in [3.63, 3.8) is 0 Å². The van der Waals surface area contributed by atoms with E-state index >= 15 is 0 Å². The van der Waals surface area contributed by atoms with Crippen LogP contribution in [0.3, 0.4) is 0 Å². The lowest BCUT2D eigenvalue weighted by Gasteiger charge is -2.30. The van der Waals surface area contributed by atoms with Gasteiger partial charge in [0.2, 0.25) is 0 Å². The van der Waals surface area contributed by atoms with E-state index in [9.17, 15) is 9.59 Å². The molecule has 1 aliphatic rings. The van der Waals surface area contributed by atoms with E-state index < -0.39 is 17.9 Å². The molecule has 5 nitrogen and oxygen atoms in total. The molecule has 16 heavy (non-hydrogen) atoms. The number of rotatable bonds is 4. The van der Waals surface area contributed by atoms with Crippen molar-refractivity contribution in [2.24, 2.45) is 0 Å². The Bertz CT molecular complexity index is 265. The van der Waals surface area contributed by atoms with Crippen molar-refractivity contribution in [3.8, 4) is 0 Å². The van der Waals surface area contributed by atoms with Crippen molar-refractivity contribution in [3.05, 3.63) is 0 Å². The molecule has 1 fully saturated rings. The van der Waals surface area contributed by atoms with Crippen molar-refractivity contribution in [2.75, 3.05) is 13.2 Å². The lowest BCUT2D eigenvalue weighted by molar-refractivity contribution is -0.112.